The summed E-state index contributed by atoms with van der Waals surface area (Å²) in [5.41, 5.74) is -0.778. The molecule has 1 rings (SSSR count). The number of aliphatic carboxylic acids is 1. The second-order valence-electron chi connectivity index (χ2n) is 4.09. The van der Waals surface area contributed by atoms with Crippen LogP contribution in [0.4, 0.5) is 13.2 Å². The van der Waals surface area contributed by atoms with Crippen LogP contribution in [0.2, 0.25) is 0 Å². The molecule has 0 spiro atoms. The lowest BCUT2D eigenvalue weighted by molar-refractivity contribution is -0.139. The van der Waals surface area contributed by atoms with Crippen molar-refractivity contribution in [1.82, 2.24) is 0 Å². The van der Waals surface area contributed by atoms with Gasteiger partial charge in [-0.2, -0.15) is 13.2 Å². The molecule has 0 aromatic heterocycles. The summed E-state index contributed by atoms with van der Waals surface area (Å²) in [6.45, 7) is 3.25. The molecule has 0 atom stereocenters. The number of carboxylic acids is 1. The van der Waals surface area contributed by atoms with Gasteiger partial charge in [0.15, 0.2) is 0 Å². The van der Waals surface area contributed by atoms with E-state index in [1.807, 2.05) is 0 Å². The maximum absolute atomic E-state index is 12.9. The largest absolute Gasteiger partial charge is 0.490 e. The van der Waals surface area contributed by atoms with Gasteiger partial charge in [0.05, 0.1) is 11.7 Å². The molecule has 0 aliphatic carbocycles. The number of alkyl halides is 3. The summed E-state index contributed by atoms with van der Waals surface area (Å²) in [5, 5.41) is 8.44. The van der Waals surface area contributed by atoms with Crippen LogP contribution in [0.25, 0.3) is 6.08 Å². The maximum Gasteiger partial charge on any atom is 0.419 e. The number of ether oxygens (including phenoxy) is 1. The van der Waals surface area contributed by atoms with Gasteiger partial charge in [0.1, 0.15) is 5.75 Å². The molecule has 0 bridgehead atoms. The second kappa shape index (κ2) is 5.77. The lowest BCUT2D eigenvalue weighted by Gasteiger charge is -2.16. The third-order valence-corrected chi connectivity index (χ3v) is 2.09. The fraction of sp³-hybridized carbons (Fsp3) is 0.308. The van der Waals surface area contributed by atoms with Crippen molar-refractivity contribution in [2.75, 3.05) is 0 Å². The van der Waals surface area contributed by atoms with Crippen molar-refractivity contribution >= 4 is 12.0 Å². The van der Waals surface area contributed by atoms with E-state index in [0.29, 0.717) is 0 Å². The molecule has 19 heavy (non-hydrogen) atoms. The van der Waals surface area contributed by atoms with Crippen LogP contribution >= 0.6 is 0 Å². The van der Waals surface area contributed by atoms with Crippen molar-refractivity contribution < 1.29 is 27.8 Å². The van der Waals surface area contributed by atoms with Crippen LogP contribution in [-0.4, -0.2) is 17.2 Å². The molecule has 1 N–H and O–H groups in total. The van der Waals surface area contributed by atoms with Gasteiger partial charge in [0, 0.05) is 6.08 Å². The monoisotopic (exact) mass is 274 g/mol. The summed E-state index contributed by atoms with van der Waals surface area (Å²) in [6.07, 6.45) is -3.08. The van der Waals surface area contributed by atoms with E-state index in [1.54, 1.807) is 13.8 Å². The number of rotatable bonds is 4. The van der Waals surface area contributed by atoms with E-state index < -0.39 is 17.7 Å². The topological polar surface area (TPSA) is 46.5 Å². The molecule has 3 nitrogen and oxygen atoms in total. The van der Waals surface area contributed by atoms with Crippen molar-refractivity contribution in [3.8, 4) is 5.75 Å². The molecule has 6 heteroatoms. The van der Waals surface area contributed by atoms with Gasteiger partial charge >= 0.3 is 12.1 Å². The van der Waals surface area contributed by atoms with E-state index in [4.69, 9.17) is 9.84 Å². The smallest absolute Gasteiger partial charge is 0.419 e. The third kappa shape index (κ3) is 4.65. The highest BCUT2D eigenvalue weighted by molar-refractivity contribution is 5.85. The number of carboxylic acid groups (broad SMARTS) is 1. The minimum atomic E-state index is -4.56. The molecule has 0 aliphatic rings. The predicted octanol–water partition coefficient (Wildman–Crippen LogP) is 3.59. The van der Waals surface area contributed by atoms with Gasteiger partial charge in [-0.15, -0.1) is 0 Å². The van der Waals surface area contributed by atoms with Crippen LogP contribution in [0, 0.1) is 0 Å². The summed E-state index contributed by atoms with van der Waals surface area (Å²) in [4.78, 5) is 10.3. The van der Waals surface area contributed by atoms with Gasteiger partial charge in [-0.25, -0.2) is 4.79 Å². The van der Waals surface area contributed by atoms with Crippen LogP contribution in [0.15, 0.2) is 24.3 Å². The van der Waals surface area contributed by atoms with Crippen LogP contribution in [0.1, 0.15) is 25.0 Å². The first kappa shape index (κ1) is 15.1. The Morgan fingerprint density at radius 2 is 2.00 bits per heavy atom. The van der Waals surface area contributed by atoms with Gasteiger partial charge in [0.25, 0.3) is 0 Å². The van der Waals surface area contributed by atoms with E-state index in [2.05, 4.69) is 0 Å². The molecule has 0 aliphatic heterocycles. The summed E-state index contributed by atoms with van der Waals surface area (Å²) in [5.74, 6) is -1.49. The van der Waals surface area contributed by atoms with E-state index in [-0.39, 0.29) is 17.4 Å². The molecule has 0 fully saturated rings. The average molecular weight is 274 g/mol. The molecule has 1 aromatic rings. The van der Waals surface area contributed by atoms with Crippen LogP contribution in [0.3, 0.4) is 0 Å². The van der Waals surface area contributed by atoms with E-state index in [0.717, 1.165) is 18.2 Å². The Hall–Kier alpha value is -1.98. The van der Waals surface area contributed by atoms with Crippen molar-refractivity contribution in [2.24, 2.45) is 0 Å². The average Bonchev–Trinajstić information content (AvgIpc) is 2.25. The summed E-state index contributed by atoms with van der Waals surface area (Å²) in [7, 11) is 0. The van der Waals surface area contributed by atoms with Crippen molar-refractivity contribution in [3.05, 3.63) is 35.4 Å². The minimum absolute atomic E-state index is 0.144. The Morgan fingerprint density at radius 1 is 1.37 bits per heavy atom. The zero-order valence-corrected chi connectivity index (χ0v) is 10.4. The van der Waals surface area contributed by atoms with Crippen molar-refractivity contribution in [3.63, 3.8) is 0 Å². The van der Waals surface area contributed by atoms with E-state index >= 15 is 0 Å². The number of hydrogen-bond donors (Lipinski definition) is 1. The van der Waals surface area contributed by atoms with Crippen molar-refractivity contribution in [2.45, 2.75) is 26.1 Å². The molecule has 0 unspecified atom stereocenters. The Bertz CT molecular complexity index is 490. The van der Waals surface area contributed by atoms with Crippen molar-refractivity contribution in [1.29, 1.82) is 0 Å². The normalized spacial score (nSPS) is 12.1. The second-order valence-corrected chi connectivity index (χ2v) is 4.09. The first-order valence-electron chi connectivity index (χ1n) is 5.49. The molecule has 0 amide bonds. The lowest BCUT2D eigenvalue weighted by atomic mass is 10.1. The van der Waals surface area contributed by atoms with Gasteiger partial charge < -0.3 is 9.84 Å². The molecule has 1 aromatic carbocycles. The molecule has 0 heterocycles. The van der Waals surface area contributed by atoms with Gasteiger partial charge in [-0.05, 0) is 37.6 Å². The lowest BCUT2D eigenvalue weighted by Crippen LogP contribution is -2.13. The van der Waals surface area contributed by atoms with E-state index in [9.17, 15) is 18.0 Å². The first-order chi connectivity index (χ1) is 8.70. The fourth-order valence-corrected chi connectivity index (χ4v) is 1.40. The highest BCUT2D eigenvalue weighted by Crippen LogP contribution is 2.37. The molecular formula is C13H13F3O3. The summed E-state index contributed by atoms with van der Waals surface area (Å²) >= 11 is 0. The Labute approximate surface area is 108 Å². The standard InChI is InChI=1S/C13H13F3O3/c1-8(2)19-11-5-3-9(4-6-12(17)18)7-10(11)13(14,15)16/h3-8H,1-2H3,(H,17,18). The van der Waals surface area contributed by atoms with Gasteiger partial charge in [-0.3, -0.25) is 0 Å². The SMILES string of the molecule is CC(C)Oc1ccc(C=CC(=O)O)cc1C(F)(F)F. The van der Waals surface area contributed by atoms with Gasteiger partial charge in [-0.1, -0.05) is 6.07 Å². The number of carbonyl (C=O) groups is 1. The number of halogens is 3. The number of benzene rings is 1. The highest BCUT2D eigenvalue weighted by atomic mass is 19.4. The Morgan fingerprint density at radius 3 is 2.47 bits per heavy atom. The quantitative estimate of drug-likeness (QED) is 0.853. The molecule has 0 saturated heterocycles. The first-order valence-corrected chi connectivity index (χ1v) is 5.49. The minimum Gasteiger partial charge on any atom is -0.490 e. The third-order valence-electron chi connectivity index (χ3n) is 2.09. The predicted molar refractivity (Wildman–Crippen MR) is 63.9 cm³/mol. The summed E-state index contributed by atoms with van der Waals surface area (Å²) < 4.78 is 43.7. The molecule has 104 valence electrons. The van der Waals surface area contributed by atoms with Gasteiger partial charge in [0.2, 0.25) is 0 Å². The highest BCUT2D eigenvalue weighted by Gasteiger charge is 2.34. The number of hydrogen-bond acceptors (Lipinski definition) is 2. The molecule has 0 radical (unpaired) electrons. The fourth-order valence-electron chi connectivity index (χ4n) is 1.40. The Balaban J connectivity index is 3.19. The summed E-state index contributed by atoms with van der Waals surface area (Å²) in [6, 6.07) is 3.41. The zero-order valence-electron chi connectivity index (χ0n) is 10.4. The van der Waals surface area contributed by atoms with E-state index in [1.165, 1.54) is 12.1 Å². The van der Waals surface area contributed by atoms with Crippen LogP contribution < -0.4 is 4.74 Å². The molecule has 0 saturated carbocycles. The zero-order chi connectivity index (χ0) is 14.6. The maximum atomic E-state index is 12.9. The molecular weight excluding hydrogens is 261 g/mol. The Kier molecular flexibility index (Phi) is 4.58. The van der Waals surface area contributed by atoms with Crippen LogP contribution in [0.5, 0.6) is 5.75 Å². The van der Waals surface area contributed by atoms with Crippen LogP contribution in [-0.2, 0) is 11.0 Å².